The van der Waals surface area contributed by atoms with Gasteiger partial charge in [-0.05, 0) is 42.0 Å². The first-order valence-electron chi connectivity index (χ1n) is 6.63. The summed E-state index contributed by atoms with van der Waals surface area (Å²) in [7, 11) is -3.50. The average Bonchev–Trinajstić information content (AvgIpc) is 2.99. The van der Waals surface area contributed by atoms with Crippen molar-refractivity contribution in [3.05, 3.63) is 63.6 Å². The van der Waals surface area contributed by atoms with Gasteiger partial charge in [0, 0.05) is 21.8 Å². The Morgan fingerprint density at radius 2 is 1.73 bits per heavy atom. The lowest BCUT2D eigenvalue weighted by molar-refractivity contribution is 0.434. The second-order valence-electron chi connectivity index (χ2n) is 4.84. The van der Waals surface area contributed by atoms with E-state index in [9.17, 15) is 8.42 Å². The highest BCUT2D eigenvalue weighted by Gasteiger charge is 2.36. The molecule has 0 aromatic heterocycles. The summed E-state index contributed by atoms with van der Waals surface area (Å²) in [5.41, 5.74) is 0.951. The van der Waals surface area contributed by atoms with Crippen molar-refractivity contribution in [2.75, 3.05) is 12.3 Å². The Hall–Kier alpha value is -0.530. The highest BCUT2D eigenvalue weighted by atomic mass is 79.9. The minimum absolute atomic E-state index is 0.203. The van der Waals surface area contributed by atoms with Gasteiger partial charge in [0.15, 0.2) is 0 Å². The van der Waals surface area contributed by atoms with E-state index in [1.54, 1.807) is 52.5 Å². The second-order valence-corrected chi connectivity index (χ2v) is 9.28. The van der Waals surface area contributed by atoms with Crippen LogP contribution in [0.4, 0.5) is 0 Å². The van der Waals surface area contributed by atoms with Crippen molar-refractivity contribution in [1.82, 2.24) is 4.31 Å². The fourth-order valence-corrected chi connectivity index (χ4v) is 5.96. The van der Waals surface area contributed by atoms with Crippen LogP contribution in [0.15, 0.2) is 57.9 Å². The molecule has 3 nitrogen and oxygen atoms in total. The van der Waals surface area contributed by atoms with Gasteiger partial charge in [0.2, 0.25) is 10.0 Å². The van der Waals surface area contributed by atoms with Gasteiger partial charge in [-0.2, -0.15) is 4.31 Å². The largest absolute Gasteiger partial charge is 0.244 e. The van der Waals surface area contributed by atoms with Crippen LogP contribution < -0.4 is 0 Å². The van der Waals surface area contributed by atoms with Gasteiger partial charge in [0.1, 0.15) is 0 Å². The molecule has 0 radical (unpaired) electrons. The molecule has 22 heavy (non-hydrogen) atoms. The molecule has 1 unspecified atom stereocenters. The van der Waals surface area contributed by atoms with Crippen LogP contribution in [0.2, 0.25) is 5.02 Å². The number of hydrogen-bond donors (Lipinski definition) is 0. The minimum atomic E-state index is -3.50. The third kappa shape index (κ3) is 3.21. The molecule has 0 saturated carbocycles. The van der Waals surface area contributed by atoms with Gasteiger partial charge in [-0.1, -0.05) is 39.7 Å². The van der Waals surface area contributed by atoms with Crippen molar-refractivity contribution in [2.45, 2.75) is 10.3 Å². The zero-order valence-corrected chi connectivity index (χ0v) is 15.4. The maximum atomic E-state index is 12.9. The summed E-state index contributed by atoms with van der Waals surface area (Å²) in [5, 5.41) is 0.444. The molecule has 0 N–H and O–H groups in total. The quantitative estimate of drug-likeness (QED) is 0.734. The van der Waals surface area contributed by atoms with Gasteiger partial charge in [0.05, 0.1) is 10.3 Å². The van der Waals surface area contributed by atoms with Crippen LogP contribution in [-0.2, 0) is 10.0 Å². The van der Waals surface area contributed by atoms with E-state index < -0.39 is 10.0 Å². The lowest BCUT2D eigenvalue weighted by atomic mass is 10.2. The van der Waals surface area contributed by atoms with E-state index in [1.165, 1.54) is 0 Å². The van der Waals surface area contributed by atoms with Gasteiger partial charge >= 0.3 is 0 Å². The van der Waals surface area contributed by atoms with E-state index in [1.807, 2.05) is 12.1 Å². The van der Waals surface area contributed by atoms with E-state index in [4.69, 9.17) is 11.6 Å². The number of nitrogens with zero attached hydrogens (tertiary/aromatic N) is 1. The highest BCUT2D eigenvalue weighted by Crippen LogP contribution is 2.41. The maximum Gasteiger partial charge on any atom is 0.244 e. The Bertz CT molecular complexity index is 763. The predicted molar refractivity (Wildman–Crippen MR) is 94.7 cm³/mol. The van der Waals surface area contributed by atoms with Crippen LogP contribution in [-0.4, -0.2) is 25.0 Å². The zero-order chi connectivity index (χ0) is 15.7. The van der Waals surface area contributed by atoms with Gasteiger partial charge in [-0.15, -0.1) is 11.8 Å². The molecule has 1 aliphatic heterocycles. The van der Waals surface area contributed by atoms with E-state index in [-0.39, 0.29) is 5.37 Å². The summed E-state index contributed by atoms with van der Waals surface area (Å²) in [5.74, 6) is 0.781. The van der Waals surface area contributed by atoms with Crippen LogP contribution in [0.5, 0.6) is 0 Å². The molecule has 1 atom stereocenters. The average molecular weight is 419 g/mol. The van der Waals surface area contributed by atoms with Crippen LogP contribution >= 0.6 is 39.3 Å². The topological polar surface area (TPSA) is 37.4 Å². The molecule has 1 heterocycles. The number of sulfonamides is 1. The SMILES string of the molecule is O=S(=O)(c1ccc(Br)cc1)N1CCSC1c1ccc(Cl)cc1. The van der Waals surface area contributed by atoms with Crippen LogP contribution in [0, 0.1) is 0 Å². The standard InChI is InChI=1S/C15H13BrClNO2S2/c16-12-3-7-14(8-4-12)22(19,20)18-9-10-21-15(18)11-1-5-13(17)6-2-11/h1-8,15H,9-10H2. The molecule has 0 amide bonds. The predicted octanol–water partition coefficient (Wildman–Crippen LogP) is 4.54. The van der Waals surface area contributed by atoms with Crippen molar-refractivity contribution in [3.8, 4) is 0 Å². The third-order valence-corrected chi connectivity index (χ3v) is 7.48. The first-order chi connectivity index (χ1) is 10.5. The molecule has 0 bridgehead atoms. The fraction of sp³-hybridized carbons (Fsp3) is 0.200. The van der Waals surface area contributed by atoms with Crippen LogP contribution in [0.25, 0.3) is 0 Å². The summed E-state index contributed by atoms with van der Waals surface area (Å²) >= 11 is 10.9. The summed E-state index contributed by atoms with van der Waals surface area (Å²) in [6, 6.07) is 14.1. The smallest absolute Gasteiger partial charge is 0.207 e. The first kappa shape index (κ1) is 16.3. The van der Waals surface area contributed by atoms with Crippen molar-refractivity contribution < 1.29 is 8.42 Å². The number of rotatable bonds is 3. The number of halogens is 2. The van der Waals surface area contributed by atoms with E-state index >= 15 is 0 Å². The molecular weight excluding hydrogens is 406 g/mol. The van der Waals surface area contributed by atoms with Gasteiger partial charge < -0.3 is 0 Å². The Kier molecular flexibility index (Phi) is 4.85. The molecule has 1 saturated heterocycles. The van der Waals surface area contributed by atoms with Crippen molar-refractivity contribution in [2.24, 2.45) is 0 Å². The van der Waals surface area contributed by atoms with Gasteiger partial charge in [-0.25, -0.2) is 8.42 Å². The molecule has 2 aromatic rings. The summed E-state index contributed by atoms with van der Waals surface area (Å²) < 4.78 is 28.2. The molecule has 0 aliphatic carbocycles. The summed E-state index contributed by atoms with van der Waals surface area (Å²) in [4.78, 5) is 0.317. The molecule has 1 fully saturated rings. The zero-order valence-electron chi connectivity index (χ0n) is 11.4. The molecule has 1 aliphatic rings. The van der Waals surface area contributed by atoms with Crippen molar-refractivity contribution >= 4 is 49.3 Å². The van der Waals surface area contributed by atoms with Gasteiger partial charge in [0.25, 0.3) is 0 Å². The van der Waals surface area contributed by atoms with Crippen molar-refractivity contribution in [3.63, 3.8) is 0 Å². The fourth-order valence-electron chi connectivity index (χ4n) is 2.33. The molecule has 2 aromatic carbocycles. The first-order valence-corrected chi connectivity index (χ1v) is 10.3. The lowest BCUT2D eigenvalue weighted by Gasteiger charge is -2.23. The summed E-state index contributed by atoms with van der Waals surface area (Å²) in [6.07, 6.45) is 0. The third-order valence-electron chi connectivity index (χ3n) is 3.42. The minimum Gasteiger partial charge on any atom is -0.207 e. The Labute approximate surface area is 147 Å². The Morgan fingerprint density at radius 1 is 1.09 bits per heavy atom. The Morgan fingerprint density at radius 3 is 2.36 bits per heavy atom. The molecule has 3 rings (SSSR count). The van der Waals surface area contributed by atoms with E-state index in [0.29, 0.717) is 16.5 Å². The van der Waals surface area contributed by atoms with Crippen LogP contribution in [0.3, 0.4) is 0 Å². The summed E-state index contributed by atoms with van der Waals surface area (Å²) in [6.45, 7) is 0.510. The maximum absolute atomic E-state index is 12.9. The monoisotopic (exact) mass is 417 g/mol. The number of hydrogen-bond acceptors (Lipinski definition) is 3. The Balaban J connectivity index is 1.95. The lowest BCUT2D eigenvalue weighted by Crippen LogP contribution is -2.30. The molecular formula is C15H13BrClNO2S2. The highest BCUT2D eigenvalue weighted by molar-refractivity contribution is 9.10. The van der Waals surface area contributed by atoms with E-state index in [0.717, 1.165) is 15.8 Å². The van der Waals surface area contributed by atoms with Crippen LogP contribution in [0.1, 0.15) is 10.9 Å². The van der Waals surface area contributed by atoms with Gasteiger partial charge in [-0.3, -0.25) is 0 Å². The second kappa shape index (κ2) is 6.53. The van der Waals surface area contributed by atoms with Crippen molar-refractivity contribution in [1.29, 1.82) is 0 Å². The molecule has 0 spiro atoms. The number of thioether (sulfide) groups is 1. The number of benzene rings is 2. The molecule has 7 heteroatoms. The van der Waals surface area contributed by atoms with E-state index in [2.05, 4.69) is 15.9 Å². The normalized spacial score (nSPS) is 19.5. The molecule has 116 valence electrons.